The summed E-state index contributed by atoms with van der Waals surface area (Å²) in [4.78, 5) is 35.0. The van der Waals surface area contributed by atoms with Crippen LogP contribution in [-0.2, 0) is 32.7 Å². The van der Waals surface area contributed by atoms with E-state index in [9.17, 15) is 19.0 Å². The van der Waals surface area contributed by atoms with E-state index >= 15 is 0 Å². The van der Waals surface area contributed by atoms with Crippen LogP contribution in [-0.4, -0.2) is 74.9 Å². The van der Waals surface area contributed by atoms with E-state index < -0.39 is 26.5 Å². The van der Waals surface area contributed by atoms with E-state index in [-0.39, 0.29) is 32.0 Å². The predicted octanol–water partition coefficient (Wildman–Crippen LogP) is 9.40. The molecular formula is C37H69NO8P+. The van der Waals surface area contributed by atoms with Gasteiger partial charge in [-0.3, -0.25) is 18.6 Å². The van der Waals surface area contributed by atoms with Gasteiger partial charge in [0.2, 0.25) is 0 Å². The van der Waals surface area contributed by atoms with Crippen LogP contribution in [0, 0.1) is 0 Å². The molecule has 2 atom stereocenters. The molecule has 10 heteroatoms. The predicted molar refractivity (Wildman–Crippen MR) is 192 cm³/mol. The number of nitrogens with zero attached hydrogens (tertiary/aromatic N) is 1. The van der Waals surface area contributed by atoms with Crippen LogP contribution >= 0.6 is 7.82 Å². The first kappa shape index (κ1) is 45.2. The van der Waals surface area contributed by atoms with Gasteiger partial charge in [-0.25, -0.2) is 4.57 Å². The first-order valence-corrected chi connectivity index (χ1v) is 19.7. The zero-order chi connectivity index (χ0) is 35.1. The van der Waals surface area contributed by atoms with Gasteiger partial charge in [-0.1, -0.05) is 115 Å². The largest absolute Gasteiger partial charge is 0.472 e. The van der Waals surface area contributed by atoms with Gasteiger partial charge < -0.3 is 18.9 Å². The molecule has 0 saturated carbocycles. The maximum atomic E-state index is 12.6. The number of likely N-dealkylation sites (N-methyl/N-ethyl adjacent to an activating group) is 1. The number of hydrogen-bond donors (Lipinski definition) is 1. The fourth-order valence-electron chi connectivity index (χ4n) is 4.56. The summed E-state index contributed by atoms with van der Waals surface area (Å²) in [5.74, 6) is -0.827. The number of allylic oxidation sites excluding steroid dienone is 6. The van der Waals surface area contributed by atoms with Crippen molar-refractivity contribution in [2.24, 2.45) is 0 Å². The maximum absolute atomic E-state index is 12.6. The Morgan fingerprint density at radius 1 is 0.681 bits per heavy atom. The Hall–Kier alpha value is -1.77. The minimum absolute atomic E-state index is 0.0279. The van der Waals surface area contributed by atoms with Crippen molar-refractivity contribution in [1.29, 1.82) is 0 Å². The van der Waals surface area contributed by atoms with Gasteiger partial charge in [-0.2, -0.15) is 0 Å². The molecular weight excluding hydrogens is 617 g/mol. The van der Waals surface area contributed by atoms with E-state index in [1.165, 1.54) is 32.1 Å². The Bertz CT molecular complexity index is 913. The molecule has 0 amide bonds. The SMILES string of the molecule is CC/C=C/C/C=C/C/C=C/CCCCCCCC(=O)O[C@H](COC(=O)CCCCCCCCCC)COP(=O)(O)OCC[N+](C)(C)C. The van der Waals surface area contributed by atoms with Crippen LogP contribution < -0.4 is 0 Å². The van der Waals surface area contributed by atoms with Crippen LogP contribution in [0.25, 0.3) is 0 Å². The highest BCUT2D eigenvalue weighted by atomic mass is 31.2. The lowest BCUT2D eigenvalue weighted by Crippen LogP contribution is -2.37. The van der Waals surface area contributed by atoms with Crippen LogP contribution in [0.5, 0.6) is 0 Å². The number of rotatable bonds is 32. The molecule has 0 aliphatic rings. The Morgan fingerprint density at radius 3 is 1.81 bits per heavy atom. The van der Waals surface area contributed by atoms with E-state index in [2.05, 4.69) is 50.3 Å². The lowest BCUT2D eigenvalue weighted by molar-refractivity contribution is -0.870. The summed E-state index contributed by atoms with van der Waals surface area (Å²) in [6, 6.07) is 0. The fourth-order valence-corrected chi connectivity index (χ4v) is 5.30. The molecule has 0 rings (SSSR count). The highest BCUT2D eigenvalue weighted by Gasteiger charge is 2.27. The number of hydrogen-bond acceptors (Lipinski definition) is 7. The number of carbonyl (C=O) groups is 2. The van der Waals surface area contributed by atoms with Gasteiger partial charge >= 0.3 is 19.8 Å². The number of ether oxygens (including phenoxy) is 2. The Morgan fingerprint density at radius 2 is 1.21 bits per heavy atom. The third-order valence-corrected chi connectivity index (χ3v) is 8.42. The van der Waals surface area contributed by atoms with Crippen molar-refractivity contribution in [3.63, 3.8) is 0 Å². The van der Waals surface area contributed by atoms with Gasteiger partial charge in [-0.05, 0) is 44.9 Å². The summed E-state index contributed by atoms with van der Waals surface area (Å²) in [6.45, 7) is 4.23. The molecule has 1 unspecified atom stereocenters. The Kier molecular flexibility index (Phi) is 29.2. The Labute approximate surface area is 287 Å². The molecule has 0 saturated heterocycles. The maximum Gasteiger partial charge on any atom is 0.472 e. The second-order valence-electron chi connectivity index (χ2n) is 13.2. The summed E-state index contributed by atoms with van der Waals surface area (Å²) < 4.78 is 34.0. The minimum Gasteiger partial charge on any atom is -0.462 e. The summed E-state index contributed by atoms with van der Waals surface area (Å²) >= 11 is 0. The standard InChI is InChI=1S/C37H68NO8P/c1-6-8-10-12-14-16-17-18-19-20-21-22-24-26-28-30-37(40)46-35(34-45-47(41,42)44-32-31-38(3,4)5)33-43-36(39)29-27-25-23-15-13-11-9-7-2/h8,10,14,16,18-19,35H,6-7,9,11-13,15,17,20-34H2,1-5H3/p+1/b10-8+,16-14+,19-18+/t35-/m1/s1. The third kappa shape index (κ3) is 33.9. The van der Waals surface area contributed by atoms with Crippen LogP contribution in [0.15, 0.2) is 36.5 Å². The molecule has 47 heavy (non-hydrogen) atoms. The van der Waals surface area contributed by atoms with Gasteiger partial charge in [-0.15, -0.1) is 0 Å². The smallest absolute Gasteiger partial charge is 0.462 e. The fraction of sp³-hybridized carbons (Fsp3) is 0.784. The van der Waals surface area contributed by atoms with Crippen molar-refractivity contribution >= 4 is 19.8 Å². The molecule has 0 heterocycles. The minimum atomic E-state index is -4.36. The van der Waals surface area contributed by atoms with Crippen molar-refractivity contribution in [3.05, 3.63) is 36.5 Å². The van der Waals surface area contributed by atoms with Gasteiger partial charge in [0.15, 0.2) is 6.10 Å². The molecule has 0 aromatic rings. The molecule has 0 aliphatic carbocycles. The molecule has 274 valence electrons. The van der Waals surface area contributed by atoms with Gasteiger partial charge in [0.1, 0.15) is 19.8 Å². The van der Waals surface area contributed by atoms with Crippen LogP contribution in [0.3, 0.4) is 0 Å². The van der Waals surface area contributed by atoms with Gasteiger partial charge in [0, 0.05) is 12.8 Å². The highest BCUT2D eigenvalue weighted by Crippen LogP contribution is 2.43. The normalized spacial score (nSPS) is 14.3. The van der Waals surface area contributed by atoms with E-state index in [1.54, 1.807) is 0 Å². The number of unbranched alkanes of at least 4 members (excludes halogenated alkanes) is 12. The van der Waals surface area contributed by atoms with Crippen molar-refractivity contribution in [2.45, 2.75) is 142 Å². The van der Waals surface area contributed by atoms with Gasteiger partial charge in [0.25, 0.3) is 0 Å². The van der Waals surface area contributed by atoms with Crippen LogP contribution in [0.2, 0.25) is 0 Å². The summed E-state index contributed by atoms with van der Waals surface area (Å²) in [5.41, 5.74) is 0. The quantitative estimate of drug-likeness (QED) is 0.0245. The lowest BCUT2D eigenvalue weighted by atomic mass is 10.1. The zero-order valence-corrected chi connectivity index (χ0v) is 31.4. The molecule has 0 fully saturated rings. The number of esters is 2. The number of phosphoric acid groups is 1. The highest BCUT2D eigenvalue weighted by molar-refractivity contribution is 7.47. The second-order valence-corrected chi connectivity index (χ2v) is 14.7. The van der Waals surface area contributed by atoms with Crippen molar-refractivity contribution in [2.75, 3.05) is 47.5 Å². The van der Waals surface area contributed by atoms with Crippen LogP contribution in [0.4, 0.5) is 0 Å². The average molecular weight is 687 g/mol. The van der Waals surface area contributed by atoms with E-state index in [0.29, 0.717) is 17.4 Å². The molecule has 0 aromatic carbocycles. The zero-order valence-electron chi connectivity index (χ0n) is 30.5. The number of quaternary nitrogens is 1. The summed E-state index contributed by atoms with van der Waals surface area (Å²) in [7, 11) is 1.46. The third-order valence-electron chi connectivity index (χ3n) is 7.43. The summed E-state index contributed by atoms with van der Waals surface area (Å²) in [5, 5.41) is 0. The average Bonchev–Trinajstić information content (AvgIpc) is 3.01. The van der Waals surface area contributed by atoms with Crippen LogP contribution in [0.1, 0.15) is 136 Å². The van der Waals surface area contributed by atoms with Crippen molar-refractivity contribution < 1.29 is 42.1 Å². The second kappa shape index (κ2) is 30.3. The molecule has 0 spiro atoms. The summed E-state index contributed by atoms with van der Waals surface area (Å²) in [6.07, 6.45) is 30.6. The van der Waals surface area contributed by atoms with Crippen molar-refractivity contribution in [1.82, 2.24) is 0 Å². The monoisotopic (exact) mass is 686 g/mol. The van der Waals surface area contributed by atoms with Gasteiger partial charge in [0.05, 0.1) is 27.7 Å². The topological polar surface area (TPSA) is 108 Å². The number of carbonyl (C=O) groups excluding carboxylic acids is 2. The molecule has 0 aliphatic heterocycles. The molecule has 0 bridgehead atoms. The number of phosphoric ester groups is 1. The first-order valence-electron chi connectivity index (χ1n) is 18.2. The van der Waals surface area contributed by atoms with E-state index in [4.69, 9.17) is 18.5 Å². The van der Waals surface area contributed by atoms with Crippen molar-refractivity contribution in [3.8, 4) is 0 Å². The molecule has 9 nitrogen and oxygen atoms in total. The van der Waals surface area contributed by atoms with E-state index in [1.807, 2.05) is 21.1 Å². The molecule has 0 radical (unpaired) electrons. The molecule has 1 N–H and O–H groups in total. The van der Waals surface area contributed by atoms with E-state index in [0.717, 1.165) is 70.6 Å². The lowest BCUT2D eigenvalue weighted by Gasteiger charge is -2.24. The Balaban J connectivity index is 4.48. The first-order chi connectivity index (χ1) is 22.5. The molecule has 0 aromatic heterocycles.